The highest BCUT2D eigenvalue weighted by Gasteiger charge is 2.21. The highest BCUT2D eigenvalue weighted by atomic mass is 16.4. The molecule has 1 unspecified atom stereocenters. The van der Waals surface area contributed by atoms with Gasteiger partial charge in [-0.25, -0.2) is 0 Å². The third kappa shape index (κ3) is 7.78. The van der Waals surface area contributed by atoms with Crippen LogP contribution in [0.4, 0.5) is 0 Å². The lowest BCUT2D eigenvalue weighted by molar-refractivity contribution is -0.138. The second-order valence-electron chi connectivity index (χ2n) is 4.04. The van der Waals surface area contributed by atoms with Crippen molar-refractivity contribution in [1.29, 1.82) is 0 Å². The molecule has 0 bridgehead atoms. The minimum absolute atomic E-state index is 0.0686. The predicted molar refractivity (Wildman–Crippen MR) is 53.6 cm³/mol. The van der Waals surface area contributed by atoms with Gasteiger partial charge < -0.3 is 10.8 Å². The topological polar surface area (TPSA) is 63.3 Å². The van der Waals surface area contributed by atoms with Crippen LogP contribution < -0.4 is 5.73 Å². The molecule has 78 valence electrons. The third-order valence-electron chi connectivity index (χ3n) is 2.16. The molecular formula is C10H21NO2. The number of hydrogen-bond acceptors (Lipinski definition) is 2. The van der Waals surface area contributed by atoms with Crippen LogP contribution in [-0.2, 0) is 4.79 Å². The molecule has 0 aromatic carbocycles. The quantitative estimate of drug-likeness (QED) is 0.600. The maximum absolute atomic E-state index is 10.4. The summed E-state index contributed by atoms with van der Waals surface area (Å²) in [6, 6.07) is 0. The van der Waals surface area contributed by atoms with E-state index in [2.05, 4.69) is 6.92 Å². The summed E-state index contributed by atoms with van der Waals surface area (Å²) in [4.78, 5) is 10.4. The number of hydrogen-bond donors (Lipinski definition) is 2. The van der Waals surface area contributed by atoms with Crippen LogP contribution in [0.25, 0.3) is 0 Å². The fourth-order valence-corrected chi connectivity index (χ4v) is 1.39. The van der Waals surface area contributed by atoms with Crippen molar-refractivity contribution in [3.63, 3.8) is 0 Å². The van der Waals surface area contributed by atoms with E-state index in [0.717, 1.165) is 19.3 Å². The smallest absolute Gasteiger partial charge is 0.305 e. The van der Waals surface area contributed by atoms with Crippen molar-refractivity contribution in [2.75, 3.05) is 0 Å². The van der Waals surface area contributed by atoms with E-state index in [1.54, 1.807) is 0 Å². The molecule has 13 heavy (non-hydrogen) atoms. The molecule has 0 aromatic heterocycles. The van der Waals surface area contributed by atoms with E-state index in [-0.39, 0.29) is 6.42 Å². The van der Waals surface area contributed by atoms with Gasteiger partial charge in [0.25, 0.3) is 0 Å². The number of carboxylic acid groups (broad SMARTS) is 1. The third-order valence-corrected chi connectivity index (χ3v) is 2.16. The van der Waals surface area contributed by atoms with Gasteiger partial charge in [-0.15, -0.1) is 0 Å². The molecule has 0 radical (unpaired) electrons. The molecule has 0 fully saturated rings. The first-order chi connectivity index (χ1) is 5.98. The Hall–Kier alpha value is -0.570. The molecule has 3 heteroatoms. The summed E-state index contributed by atoms with van der Waals surface area (Å²) in [7, 11) is 0. The van der Waals surface area contributed by atoms with Crippen LogP contribution in [0, 0.1) is 0 Å². The molecule has 0 aliphatic rings. The fraction of sp³-hybridized carbons (Fsp3) is 0.900. The molecule has 0 saturated heterocycles. The number of carboxylic acids is 1. The maximum atomic E-state index is 10.4. The fourth-order valence-electron chi connectivity index (χ4n) is 1.39. The number of unbranched alkanes of at least 4 members (excludes halogenated alkanes) is 3. The predicted octanol–water partition coefficient (Wildman–Crippen LogP) is 2.15. The van der Waals surface area contributed by atoms with Gasteiger partial charge in [-0.05, 0) is 13.3 Å². The van der Waals surface area contributed by atoms with Gasteiger partial charge in [0.2, 0.25) is 0 Å². The SMILES string of the molecule is CCCCCCC(C)(N)CC(=O)O. The van der Waals surface area contributed by atoms with Crippen molar-refractivity contribution in [3.8, 4) is 0 Å². The van der Waals surface area contributed by atoms with Gasteiger partial charge in [0.15, 0.2) is 0 Å². The monoisotopic (exact) mass is 187 g/mol. The molecule has 0 saturated carbocycles. The summed E-state index contributed by atoms with van der Waals surface area (Å²) in [5.74, 6) is -0.805. The lowest BCUT2D eigenvalue weighted by Crippen LogP contribution is -2.38. The van der Waals surface area contributed by atoms with E-state index in [4.69, 9.17) is 10.8 Å². The standard InChI is InChI=1S/C10H21NO2/c1-3-4-5-6-7-10(2,11)8-9(12)13/h3-8,11H2,1-2H3,(H,12,13). The maximum Gasteiger partial charge on any atom is 0.305 e. The normalized spacial score (nSPS) is 15.3. The molecule has 0 heterocycles. The zero-order valence-corrected chi connectivity index (χ0v) is 8.68. The van der Waals surface area contributed by atoms with E-state index >= 15 is 0 Å². The van der Waals surface area contributed by atoms with Crippen molar-refractivity contribution >= 4 is 5.97 Å². The average molecular weight is 187 g/mol. The molecule has 0 spiro atoms. The molecule has 0 aromatic rings. The van der Waals surface area contributed by atoms with Gasteiger partial charge in [-0.2, -0.15) is 0 Å². The Labute approximate surface area is 80.3 Å². The van der Waals surface area contributed by atoms with Crippen molar-refractivity contribution < 1.29 is 9.90 Å². The van der Waals surface area contributed by atoms with Gasteiger partial charge in [-0.3, -0.25) is 4.79 Å². The molecule has 0 rings (SSSR count). The zero-order valence-electron chi connectivity index (χ0n) is 8.68. The average Bonchev–Trinajstić information content (AvgIpc) is 1.95. The molecule has 0 aliphatic heterocycles. The van der Waals surface area contributed by atoms with Crippen molar-refractivity contribution in [1.82, 2.24) is 0 Å². The summed E-state index contributed by atoms with van der Waals surface area (Å²) >= 11 is 0. The Balaban J connectivity index is 3.56. The Kier molecular flexibility index (Phi) is 5.71. The lowest BCUT2D eigenvalue weighted by Gasteiger charge is -2.22. The summed E-state index contributed by atoms with van der Waals surface area (Å²) in [5.41, 5.74) is 5.29. The summed E-state index contributed by atoms with van der Waals surface area (Å²) in [6.45, 7) is 3.96. The van der Waals surface area contributed by atoms with Gasteiger partial charge in [0.05, 0.1) is 6.42 Å². The first-order valence-electron chi connectivity index (χ1n) is 4.98. The molecule has 3 nitrogen and oxygen atoms in total. The van der Waals surface area contributed by atoms with E-state index in [1.165, 1.54) is 12.8 Å². The van der Waals surface area contributed by atoms with E-state index in [0.29, 0.717) is 0 Å². The second kappa shape index (κ2) is 5.97. The Bertz CT molecular complexity index is 155. The van der Waals surface area contributed by atoms with Crippen LogP contribution in [-0.4, -0.2) is 16.6 Å². The molecule has 0 aliphatic carbocycles. The first-order valence-corrected chi connectivity index (χ1v) is 4.98. The van der Waals surface area contributed by atoms with Crippen LogP contribution in [0.3, 0.4) is 0 Å². The number of nitrogens with two attached hydrogens (primary N) is 1. The van der Waals surface area contributed by atoms with Crippen LogP contribution in [0.2, 0.25) is 0 Å². The first kappa shape index (κ1) is 12.4. The number of carbonyl (C=O) groups is 1. The Morgan fingerprint density at radius 1 is 1.38 bits per heavy atom. The Morgan fingerprint density at radius 3 is 2.46 bits per heavy atom. The van der Waals surface area contributed by atoms with Crippen LogP contribution in [0.5, 0.6) is 0 Å². The second-order valence-corrected chi connectivity index (χ2v) is 4.04. The number of aliphatic carboxylic acids is 1. The van der Waals surface area contributed by atoms with Gasteiger partial charge in [0, 0.05) is 5.54 Å². The zero-order chi connectivity index (χ0) is 10.3. The van der Waals surface area contributed by atoms with Gasteiger partial charge >= 0.3 is 5.97 Å². The number of rotatable bonds is 7. The van der Waals surface area contributed by atoms with Crippen LogP contribution >= 0.6 is 0 Å². The van der Waals surface area contributed by atoms with Gasteiger partial charge in [0.1, 0.15) is 0 Å². The molecule has 0 amide bonds. The van der Waals surface area contributed by atoms with Crippen molar-refractivity contribution in [2.45, 2.75) is 57.9 Å². The Morgan fingerprint density at radius 2 is 2.00 bits per heavy atom. The summed E-state index contributed by atoms with van der Waals surface area (Å²) in [5, 5.41) is 8.57. The highest BCUT2D eigenvalue weighted by molar-refractivity contribution is 5.68. The highest BCUT2D eigenvalue weighted by Crippen LogP contribution is 2.16. The van der Waals surface area contributed by atoms with E-state index < -0.39 is 11.5 Å². The van der Waals surface area contributed by atoms with E-state index in [9.17, 15) is 4.79 Å². The molecular weight excluding hydrogens is 166 g/mol. The molecule has 1 atom stereocenters. The lowest BCUT2D eigenvalue weighted by atomic mass is 9.92. The van der Waals surface area contributed by atoms with Gasteiger partial charge in [-0.1, -0.05) is 32.6 Å². The largest absolute Gasteiger partial charge is 0.481 e. The minimum atomic E-state index is -0.805. The summed E-state index contributed by atoms with van der Waals surface area (Å²) < 4.78 is 0. The van der Waals surface area contributed by atoms with Crippen molar-refractivity contribution in [3.05, 3.63) is 0 Å². The minimum Gasteiger partial charge on any atom is -0.481 e. The van der Waals surface area contributed by atoms with Crippen LogP contribution in [0.15, 0.2) is 0 Å². The molecule has 3 N–H and O–H groups in total. The summed E-state index contributed by atoms with van der Waals surface area (Å²) in [6.07, 6.45) is 5.47. The van der Waals surface area contributed by atoms with E-state index in [1.807, 2.05) is 6.92 Å². The van der Waals surface area contributed by atoms with Crippen molar-refractivity contribution in [2.24, 2.45) is 5.73 Å². The van der Waals surface area contributed by atoms with Crippen LogP contribution in [0.1, 0.15) is 52.4 Å².